The van der Waals surface area contributed by atoms with Crippen LogP contribution < -0.4 is 15.2 Å². The molecule has 0 radical (unpaired) electrons. The van der Waals surface area contributed by atoms with Crippen LogP contribution in [0.2, 0.25) is 0 Å². The van der Waals surface area contributed by atoms with Crippen molar-refractivity contribution in [1.82, 2.24) is 0 Å². The van der Waals surface area contributed by atoms with Gasteiger partial charge in [0.25, 0.3) is 0 Å². The van der Waals surface area contributed by atoms with E-state index in [0.29, 0.717) is 17.2 Å². The van der Waals surface area contributed by atoms with Crippen molar-refractivity contribution in [3.63, 3.8) is 0 Å². The third-order valence-electron chi connectivity index (χ3n) is 2.20. The molecule has 2 aromatic rings. The molecule has 2 aromatic carbocycles. The zero-order chi connectivity index (χ0) is 12.3. The van der Waals surface area contributed by atoms with Crippen LogP contribution in [0.5, 0.6) is 17.2 Å². The number of para-hydroxylation sites is 1. The fourth-order valence-electron chi connectivity index (χ4n) is 1.42. The summed E-state index contributed by atoms with van der Waals surface area (Å²) in [5.74, 6) is 2.06. The summed E-state index contributed by atoms with van der Waals surface area (Å²) in [6.45, 7) is 0. The second-order valence-corrected chi connectivity index (χ2v) is 4.33. The van der Waals surface area contributed by atoms with Gasteiger partial charge in [-0.25, -0.2) is 0 Å². The van der Waals surface area contributed by atoms with Crippen LogP contribution in [0, 0.1) is 0 Å². The van der Waals surface area contributed by atoms with Crippen LogP contribution in [-0.4, -0.2) is 7.11 Å². The van der Waals surface area contributed by atoms with Gasteiger partial charge in [0.1, 0.15) is 17.2 Å². The molecule has 0 spiro atoms. The third kappa shape index (κ3) is 2.91. The Morgan fingerprint density at radius 2 is 1.76 bits per heavy atom. The first-order valence-corrected chi connectivity index (χ1v) is 5.85. The molecule has 17 heavy (non-hydrogen) atoms. The fraction of sp³-hybridized carbons (Fsp3) is 0.0769. The second kappa shape index (κ2) is 5.10. The minimum atomic E-state index is 0.603. The number of halogens is 1. The van der Waals surface area contributed by atoms with E-state index >= 15 is 0 Å². The number of benzene rings is 2. The lowest BCUT2D eigenvalue weighted by Gasteiger charge is -2.09. The summed E-state index contributed by atoms with van der Waals surface area (Å²) in [6.07, 6.45) is 0. The molecule has 0 aromatic heterocycles. The molecule has 2 rings (SSSR count). The molecule has 3 nitrogen and oxygen atoms in total. The monoisotopic (exact) mass is 293 g/mol. The van der Waals surface area contributed by atoms with Crippen LogP contribution in [0.3, 0.4) is 0 Å². The highest BCUT2D eigenvalue weighted by Gasteiger charge is 2.04. The van der Waals surface area contributed by atoms with Crippen LogP contribution >= 0.6 is 15.9 Å². The van der Waals surface area contributed by atoms with Crippen LogP contribution in [-0.2, 0) is 0 Å². The molecular weight excluding hydrogens is 282 g/mol. The topological polar surface area (TPSA) is 44.5 Å². The molecule has 88 valence electrons. The number of hydrogen-bond acceptors (Lipinski definition) is 3. The van der Waals surface area contributed by atoms with E-state index in [9.17, 15) is 0 Å². The van der Waals surface area contributed by atoms with E-state index in [4.69, 9.17) is 15.2 Å². The summed E-state index contributed by atoms with van der Waals surface area (Å²) in [7, 11) is 1.59. The Balaban J connectivity index is 2.30. The molecule has 0 amide bonds. The maximum atomic E-state index is 5.75. The number of methoxy groups -OCH3 is 1. The van der Waals surface area contributed by atoms with Gasteiger partial charge < -0.3 is 15.2 Å². The van der Waals surface area contributed by atoms with E-state index < -0.39 is 0 Å². The molecule has 0 aliphatic heterocycles. The van der Waals surface area contributed by atoms with Crippen LogP contribution in [0.1, 0.15) is 0 Å². The van der Waals surface area contributed by atoms with Gasteiger partial charge in [0.05, 0.1) is 11.6 Å². The van der Waals surface area contributed by atoms with Gasteiger partial charge in [0.2, 0.25) is 0 Å². The first-order valence-electron chi connectivity index (χ1n) is 5.06. The Hall–Kier alpha value is -1.68. The van der Waals surface area contributed by atoms with E-state index in [1.165, 1.54) is 0 Å². The molecule has 0 fully saturated rings. The number of hydrogen-bond donors (Lipinski definition) is 1. The average molecular weight is 294 g/mol. The number of nitrogen functional groups attached to an aromatic ring is 1. The largest absolute Gasteiger partial charge is 0.497 e. The Labute approximate surface area is 108 Å². The third-order valence-corrected chi connectivity index (χ3v) is 2.86. The van der Waals surface area contributed by atoms with Gasteiger partial charge >= 0.3 is 0 Å². The normalized spacial score (nSPS) is 10.0. The summed E-state index contributed by atoms with van der Waals surface area (Å²) >= 11 is 3.42. The molecule has 0 unspecified atom stereocenters. The molecule has 0 aliphatic rings. The SMILES string of the molecule is COc1cc(N)cc(Oc2ccccc2Br)c1. The number of ether oxygens (including phenoxy) is 2. The highest BCUT2D eigenvalue weighted by atomic mass is 79.9. The van der Waals surface area contributed by atoms with E-state index in [1.54, 1.807) is 25.3 Å². The molecule has 0 saturated carbocycles. The minimum absolute atomic E-state index is 0.603. The van der Waals surface area contributed by atoms with Gasteiger partial charge in [-0.15, -0.1) is 0 Å². The smallest absolute Gasteiger partial charge is 0.141 e. The predicted molar refractivity (Wildman–Crippen MR) is 71.6 cm³/mol. The molecule has 0 aliphatic carbocycles. The summed E-state index contributed by atoms with van der Waals surface area (Å²) < 4.78 is 11.7. The quantitative estimate of drug-likeness (QED) is 0.875. The molecular formula is C13H12BrNO2. The van der Waals surface area contributed by atoms with Crippen molar-refractivity contribution in [2.45, 2.75) is 0 Å². The number of nitrogens with two attached hydrogens (primary N) is 1. The number of anilines is 1. The van der Waals surface area contributed by atoms with Gasteiger partial charge in [0, 0.05) is 23.9 Å². The lowest BCUT2D eigenvalue weighted by molar-refractivity contribution is 0.409. The highest BCUT2D eigenvalue weighted by molar-refractivity contribution is 9.10. The molecule has 0 heterocycles. The van der Waals surface area contributed by atoms with Crippen LogP contribution in [0.4, 0.5) is 5.69 Å². The van der Waals surface area contributed by atoms with E-state index in [-0.39, 0.29) is 0 Å². The Bertz CT molecular complexity index is 529. The van der Waals surface area contributed by atoms with E-state index in [0.717, 1.165) is 10.2 Å². The van der Waals surface area contributed by atoms with Crippen molar-refractivity contribution in [2.75, 3.05) is 12.8 Å². The molecule has 2 N–H and O–H groups in total. The maximum absolute atomic E-state index is 5.75. The highest BCUT2D eigenvalue weighted by Crippen LogP contribution is 2.32. The van der Waals surface area contributed by atoms with E-state index in [2.05, 4.69) is 15.9 Å². The Kier molecular flexibility index (Phi) is 3.54. The maximum Gasteiger partial charge on any atom is 0.141 e. The lowest BCUT2D eigenvalue weighted by atomic mass is 10.3. The summed E-state index contributed by atoms with van der Waals surface area (Å²) in [5, 5.41) is 0. The summed E-state index contributed by atoms with van der Waals surface area (Å²) in [4.78, 5) is 0. The van der Waals surface area contributed by atoms with Crippen molar-refractivity contribution in [3.8, 4) is 17.2 Å². The van der Waals surface area contributed by atoms with Crippen molar-refractivity contribution in [3.05, 3.63) is 46.9 Å². The predicted octanol–water partition coefficient (Wildman–Crippen LogP) is 3.83. The van der Waals surface area contributed by atoms with Crippen molar-refractivity contribution in [1.29, 1.82) is 0 Å². The number of rotatable bonds is 3. The van der Waals surface area contributed by atoms with Crippen molar-refractivity contribution < 1.29 is 9.47 Å². The second-order valence-electron chi connectivity index (χ2n) is 3.47. The van der Waals surface area contributed by atoms with Crippen LogP contribution in [0.25, 0.3) is 0 Å². The lowest BCUT2D eigenvalue weighted by Crippen LogP contribution is -1.91. The molecule has 4 heteroatoms. The molecule has 0 bridgehead atoms. The van der Waals surface area contributed by atoms with Gasteiger partial charge in [-0.2, -0.15) is 0 Å². The van der Waals surface area contributed by atoms with E-state index in [1.807, 2.05) is 24.3 Å². The van der Waals surface area contributed by atoms with Gasteiger partial charge in [0.15, 0.2) is 0 Å². The van der Waals surface area contributed by atoms with Crippen LogP contribution in [0.15, 0.2) is 46.9 Å². The average Bonchev–Trinajstić information content (AvgIpc) is 2.31. The summed E-state index contributed by atoms with van der Waals surface area (Å²) in [5.41, 5.74) is 6.36. The standard InChI is InChI=1S/C13H12BrNO2/c1-16-10-6-9(15)7-11(8-10)17-13-5-3-2-4-12(13)14/h2-8H,15H2,1H3. The zero-order valence-electron chi connectivity index (χ0n) is 9.31. The minimum Gasteiger partial charge on any atom is -0.497 e. The molecule has 0 saturated heterocycles. The Morgan fingerprint density at radius 3 is 2.47 bits per heavy atom. The van der Waals surface area contributed by atoms with Gasteiger partial charge in [-0.3, -0.25) is 0 Å². The fourth-order valence-corrected chi connectivity index (χ4v) is 1.79. The summed E-state index contributed by atoms with van der Waals surface area (Å²) in [6, 6.07) is 12.9. The van der Waals surface area contributed by atoms with Gasteiger partial charge in [-0.05, 0) is 28.1 Å². The zero-order valence-corrected chi connectivity index (χ0v) is 10.9. The van der Waals surface area contributed by atoms with Gasteiger partial charge in [-0.1, -0.05) is 12.1 Å². The van der Waals surface area contributed by atoms with Crippen molar-refractivity contribution >= 4 is 21.6 Å². The molecule has 0 atom stereocenters. The first-order chi connectivity index (χ1) is 8.19. The van der Waals surface area contributed by atoms with Crippen molar-refractivity contribution in [2.24, 2.45) is 0 Å². The Morgan fingerprint density at radius 1 is 1.06 bits per heavy atom. The first kappa shape index (κ1) is 11.8.